The molecule has 0 spiro atoms. The van der Waals surface area contributed by atoms with E-state index in [4.69, 9.17) is 42.9 Å². The van der Waals surface area contributed by atoms with Crippen molar-refractivity contribution in [2.24, 2.45) is 9.98 Å². The van der Waals surface area contributed by atoms with Gasteiger partial charge in [0.2, 0.25) is 24.4 Å². The van der Waals surface area contributed by atoms with Crippen LogP contribution in [0.25, 0.3) is 100 Å². The molecule has 8 aromatic rings. The van der Waals surface area contributed by atoms with Gasteiger partial charge < -0.3 is 71.0 Å². The molecule has 0 bridgehead atoms. The van der Waals surface area contributed by atoms with Crippen LogP contribution < -0.4 is 11.1 Å². The largest absolute Gasteiger partial charge is 2.00 e. The van der Waals surface area contributed by atoms with Gasteiger partial charge in [-0.15, -0.1) is 0 Å². The third-order valence-corrected chi connectivity index (χ3v) is 20.5. The molecule has 2 aliphatic heterocycles. The van der Waals surface area contributed by atoms with Crippen molar-refractivity contribution in [2.75, 3.05) is 28.4 Å². The number of carbonyl (C=O) groups is 4. The number of aliphatic imine (C=N–C) groups is 2. The maximum atomic E-state index is 10.9. The zero-order valence-electron chi connectivity index (χ0n) is 54.3. The van der Waals surface area contributed by atoms with Gasteiger partial charge in [-0.05, 0) is 200 Å². The van der Waals surface area contributed by atoms with E-state index in [2.05, 4.69) is 102 Å². The zero-order valence-corrected chi connectivity index (χ0v) is 63.9. The van der Waals surface area contributed by atoms with E-state index < -0.39 is 24.4 Å². The Hall–Kier alpha value is -7.10. The quantitative estimate of drug-likeness (QED) is 0.0811. The number of aromatic amines is 2. The van der Waals surface area contributed by atoms with Crippen molar-refractivity contribution in [1.82, 2.24) is 19.9 Å². The molecule has 504 valence electrons. The molecule has 0 fully saturated rings. The van der Waals surface area contributed by atoms with Crippen molar-refractivity contribution < 1.29 is 132 Å². The third kappa shape index (κ3) is 17.2. The van der Waals surface area contributed by atoms with Crippen LogP contribution >= 0.6 is 34.3 Å². The number of allylic oxidation sites excluding steroid dienone is 4. The van der Waals surface area contributed by atoms with Crippen molar-refractivity contribution >= 4 is 138 Å². The average Bonchev–Trinajstić information content (AvgIpc) is 0.998. The number of carbonyl (C=O) groups excluding carboxylic acids is 8. The summed E-state index contributed by atoms with van der Waals surface area (Å²) >= 11 is 0. The minimum absolute atomic E-state index is 0. The molecule has 100 heavy (non-hydrogen) atoms. The number of H-pyrrole nitrogens is 2. The third-order valence-electron chi connectivity index (χ3n) is 18.0. The summed E-state index contributed by atoms with van der Waals surface area (Å²) in [5.41, 5.74) is 58.5. The summed E-state index contributed by atoms with van der Waals surface area (Å²) in [6, 6.07) is 36.0. The molecule has 4 radical (unpaired) electrons. The summed E-state index contributed by atoms with van der Waals surface area (Å²) in [5.74, 6) is 0. The van der Waals surface area contributed by atoms with Crippen LogP contribution in [-0.4, -0.2) is 108 Å². The van der Waals surface area contributed by atoms with E-state index in [1.807, 2.05) is 24.1 Å². The van der Waals surface area contributed by atoms with Crippen LogP contribution in [0.15, 0.2) is 94.2 Å². The van der Waals surface area contributed by atoms with Gasteiger partial charge in [0.1, 0.15) is 0 Å². The number of hydrogen-bond donors (Lipinski definition) is 2. The first kappa shape index (κ1) is 80.2. The van der Waals surface area contributed by atoms with Crippen LogP contribution in [0.2, 0.25) is 0 Å². The molecule has 4 atom stereocenters. The second kappa shape index (κ2) is 36.2. The number of nitrogens with one attached hydrogen (secondary N) is 6. The van der Waals surface area contributed by atoms with Crippen LogP contribution in [0, 0.1) is 0 Å². The normalized spacial score (nSPS) is 14.5. The molecule has 6 N–H and O–H groups in total. The summed E-state index contributed by atoms with van der Waals surface area (Å²) in [4.78, 5) is 106. The average molecular weight is 1560 g/mol. The van der Waals surface area contributed by atoms with Crippen LogP contribution in [0.4, 0.5) is 19.2 Å². The summed E-state index contributed by atoms with van der Waals surface area (Å²) in [5, 5.41) is 5.41. The second-order valence-corrected chi connectivity index (χ2v) is 26.8. The summed E-state index contributed by atoms with van der Waals surface area (Å²) in [6.45, 7) is 0. The van der Waals surface area contributed by atoms with Gasteiger partial charge in [0.05, 0.1) is 51.0 Å². The Balaban J connectivity index is 0.000000215. The Bertz CT molecular complexity index is 4540. The molecule has 0 saturated carbocycles. The Morgan fingerprint density at radius 1 is 0.390 bits per heavy atom. The van der Waals surface area contributed by atoms with Gasteiger partial charge in [0.15, 0.2) is 0 Å². The van der Waals surface area contributed by atoms with Gasteiger partial charge in [0.25, 0.3) is 0 Å². The molecule has 0 saturated heterocycles. The molecular weight excluding hydrogens is 1500 g/mol. The Morgan fingerprint density at radius 3 is 1.25 bits per heavy atom. The number of amides is 4. The number of hydrogen-bond acceptors (Lipinski definition) is 16. The maximum absolute atomic E-state index is 10.9. The summed E-state index contributed by atoms with van der Waals surface area (Å²) in [6.07, 6.45) is 9.42. The molecule has 6 aliphatic carbocycles. The smallest absolute Gasteiger partial charge is 0.632 e. The fourth-order valence-corrected chi connectivity index (χ4v) is 16.1. The second-order valence-electron chi connectivity index (χ2n) is 22.9. The van der Waals surface area contributed by atoms with Crippen molar-refractivity contribution in [2.45, 2.75) is 89.9 Å². The SMILES string of the molecule is COC([NH-])=O.COC([NH-])=O.COC([NH-])=O.COC([NH-])=O.O=[C-]PC1=NC2=C(C1)c1ccc3c4c(ccc3c1CC2)-c1cc2c(cc1CC4)-c1nc(P[C-]=O)[nH]c1CC2.O=[C-]PC1=NC2=C(C1)c1ccc3cc4c(cc3c1CC2)CCc1c-4ccc2c1CCc1[nH]c(P[C-]=O)nc1-2.[V+2].[V+2].[V+2].[V+2]. The number of aryl methyl sites for hydroxylation is 8. The van der Waals surface area contributed by atoms with Crippen LogP contribution in [0.5, 0.6) is 0 Å². The van der Waals surface area contributed by atoms with Gasteiger partial charge in [-0.25, -0.2) is 51.2 Å². The summed E-state index contributed by atoms with van der Waals surface area (Å²) < 4.78 is 15.1. The van der Waals surface area contributed by atoms with E-state index in [9.17, 15) is 38.4 Å². The Kier molecular flexibility index (Phi) is 29.0. The number of imidazole rings is 2. The topological polar surface area (TPSA) is 351 Å². The van der Waals surface area contributed by atoms with Crippen molar-refractivity contribution in [1.29, 1.82) is 0 Å². The monoisotopic (exact) mass is 1560 g/mol. The molecule has 16 rings (SSSR count). The van der Waals surface area contributed by atoms with E-state index in [0.29, 0.717) is 0 Å². The van der Waals surface area contributed by atoms with Crippen LogP contribution in [-0.2, 0) is 177 Å². The molecular formula is C70H62N10O12P4V4. The first-order valence-corrected chi connectivity index (χ1v) is 34.5. The molecule has 4 amide bonds. The van der Waals surface area contributed by atoms with E-state index in [1.165, 1.54) is 133 Å². The molecule has 6 aromatic carbocycles. The first-order valence-electron chi connectivity index (χ1n) is 30.5. The molecule has 4 heterocycles. The standard InChI is InChI=1S/2C31H23N3O2P2.4C2H5NO2.4V/c35-14-37-29-13-26-23-7-5-19-18-3-1-16-12-25-17(2-9-28-30(25)34-31(33-28)38-15-36)11-24(16)22(18)6-4-20(19)21(23)8-10-27(26)32-29;35-14-37-29-13-26-22-4-2-17-11-24-16(12-25(17)21(22)7-9-27(26)32-29)1-3-18-19-8-10-28-30(23(19)6-5-20(18)24)34-31(33-28)38-15-36;4*1-5-2(3)4;;;;/h4-7,11-12,37-38H,1-3,8-10,13H2,(H,33,34);2,4-6,11-12,37-38H,1,3,7-10,13H2,(H,33,34);4*1H3,(H2,3,4);;;;/q2*-2;;;;;4*+2/p-4. The Morgan fingerprint density at radius 2 is 0.740 bits per heavy atom. The fraction of sp³-hybridized carbons (Fsp3) is 0.257. The van der Waals surface area contributed by atoms with E-state index in [-0.39, 0.29) is 109 Å². The number of benzene rings is 6. The first-order chi connectivity index (χ1) is 46.5. The fourth-order valence-electron chi connectivity index (χ4n) is 14.0. The van der Waals surface area contributed by atoms with Crippen molar-refractivity contribution in [3.05, 3.63) is 174 Å². The number of aromatic nitrogens is 4. The van der Waals surface area contributed by atoms with Crippen molar-refractivity contribution in [3.63, 3.8) is 0 Å². The van der Waals surface area contributed by atoms with Gasteiger partial charge in [-0.1, -0.05) is 60.7 Å². The van der Waals surface area contributed by atoms with Gasteiger partial charge in [0, 0.05) is 57.7 Å². The number of methoxy groups -OCH3 is 4. The summed E-state index contributed by atoms with van der Waals surface area (Å²) in [7, 11) is 4.66. The van der Waals surface area contributed by atoms with E-state index >= 15 is 0 Å². The molecule has 2 aromatic heterocycles. The van der Waals surface area contributed by atoms with E-state index in [1.54, 1.807) is 0 Å². The van der Waals surface area contributed by atoms with Gasteiger partial charge in [-0.2, -0.15) is 17.2 Å². The minimum atomic E-state index is -0.995. The van der Waals surface area contributed by atoms with E-state index in [0.717, 1.165) is 163 Å². The van der Waals surface area contributed by atoms with Gasteiger partial charge >= 0.3 is 74.2 Å². The number of nitrogens with zero attached hydrogens (tertiary/aromatic N) is 4. The zero-order chi connectivity index (χ0) is 67.9. The number of rotatable bonds is 8. The number of ether oxygens (including phenoxy) is 4. The molecule has 4 unspecified atom stereocenters. The molecule has 8 aliphatic rings. The Labute approximate surface area is 631 Å². The van der Waals surface area contributed by atoms with Crippen LogP contribution in [0.3, 0.4) is 0 Å². The van der Waals surface area contributed by atoms with Crippen molar-refractivity contribution in [3.8, 4) is 44.8 Å². The molecule has 22 nitrogen and oxygen atoms in total. The predicted octanol–water partition coefficient (Wildman–Crippen LogP) is 14.6. The van der Waals surface area contributed by atoms with Gasteiger partial charge in [-0.3, -0.25) is 29.2 Å². The number of fused-ring (bicyclic) bond motifs is 22. The minimum Gasteiger partial charge on any atom is -0.632 e. The predicted molar refractivity (Wildman–Crippen MR) is 380 cm³/mol. The maximum Gasteiger partial charge on any atom is 2.00 e. The molecule has 30 heteroatoms. The van der Waals surface area contributed by atoms with Crippen LogP contribution in [0.1, 0.15) is 92.7 Å².